The SMILES string of the molecule is Cc1cc([C@@H](C)O)ccc1OCCOCC(C)C. The first-order chi connectivity index (χ1) is 8.50. The fourth-order valence-corrected chi connectivity index (χ4v) is 1.62. The van der Waals surface area contributed by atoms with E-state index < -0.39 is 6.10 Å². The summed E-state index contributed by atoms with van der Waals surface area (Å²) >= 11 is 0. The summed E-state index contributed by atoms with van der Waals surface area (Å²) in [6.45, 7) is 9.92. The summed E-state index contributed by atoms with van der Waals surface area (Å²) in [6, 6.07) is 5.75. The predicted molar refractivity (Wildman–Crippen MR) is 73.0 cm³/mol. The van der Waals surface area contributed by atoms with E-state index in [0.717, 1.165) is 23.5 Å². The average Bonchev–Trinajstić information content (AvgIpc) is 2.29. The van der Waals surface area contributed by atoms with Crippen LogP contribution in [0.4, 0.5) is 0 Å². The molecule has 0 unspecified atom stereocenters. The van der Waals surface area contributed by atoms with E-state index in [-0.39, 0.29) is 0 Å². The molecule has 0 aliphatic carbocycles. The minimum Gasteiger partial charge on any atom is -0.491 e. The molecule has 0 saturated carbocycles. The molecule has 0 amide bonds. The van der Waals surface area contributed by atoms with Gasteiger partial charge in [0.2, 0.25) is 0 Å². The van der Waals surface area contributed by atoms with Gasteiger partial charge in [0.05, 0.1) is 12.7 Å². The van der Waals surface area contributed by atoms with Crippen LogP contribution in [0, 0.1) is 12.8 Å². The summed E-state index contributed by atoms with van der Waals surface area (Å²) in [5.41, 5.74) is 1.95. The van der Waals surface area contributed by atoms with Gasteiger partial charge in [-0.3, -0.25) is 0 Å². The van der Waals surface area contributed by atoms with E-state index in [0.29, 0.717) is 19.1 Å². The van der Waals surface area contributed by atoms with E-state index in [1.807, 2.05) is 25.1 Å². The third kappa shape index (κ3) is 5.07. The second-order valence-electron chi connectivity index (χ2n) is 5.02. The Labute approximate surface area is 110 Å². The molecule has 3 heteroatoms. The molecule has 1 rings (SSSR count). The summed E-state index contributed by atoms with van der Waals surface area (Å²) in [5, 5.41) is 9.48. The standard InChI is InChI=1S/C15H24O3/c1-11(2)10-17-7-8-18-15-6-5-14(13(4)16)9-12(15)3/h5-6,9,11,13,16H,7-8,10H2,1-4H3/t13-/m1/s1. The first-order valence-corrected chi connectivity index (χ1v) is 6.50. The summed E-state index contributed by atoms with van der Waals surface area (Å²) in [5.74, 6) is 1.41. The van der Waals surface area contributed by atoms with Gasteiger partial charge in [0, 0.05) is 6.61 Å². The van der Waals surface area contributed by atoms with Crippen LogP contribution < -0.4 is 4.74 Å². The first-order valence-electron chi connectivity index (χ1n) is 6.50. The number of hydrogen-bond acceptors (Lipinski definition) is 3. The molecule has 0 fully saturated rings. The van der Waals surface area contributed by atoms with Gasteiger partial charge in [-0.05, 0) is 43.0 Å². The maximum atomic E-state index is 9.48. The molecule has 0 bridgehead atoms. The number of hydrogen-bond donors (Lipinski definition) is 1. The molecule has 0 aromatic heterocycles. The van der Waals surface area contributed by atoms with Crippen molar-refractivity contribution < 1.29 is 14.6 Å². The quantitative estimate of drug-likeness (QED) is 0.758. The van der Waals surface area contributed by atoms with Crippen molar-refractivity contribution in [2.24, 2.45) is 5.92 Å². The van der Waals surface area contributed by atoms with Crippen LogP contribution in [-0.4, -0.2) is 24.9 Å². The molecule has 3 nitrogen and oxygen atoms in total. The lowest BCUT2D eigenvalue weighted by Crippen LogP contribution is -2.10. The highest BCUT2D eigenvalue weighted by Gasteiger charge is 2.05. The largest absolute Gasteiger partial charge is 0.491 e. The van der Waals surface area contributed by atoms with Crippen LogP contribution in [0.15, 0.2) is 18.2 Å². The molecular weight excluding hydrogens is 228 g/mol. The normalized spacial score (nSPS) is 12.8. The van der Waals surface area contributed by atoms with Crippen molar-refractivity contribution >= 4 is 0 Å². The molecule has 0 heterocycles. The lowest BCUT2D eigenvalue weighted by Gasteiger charge is -2.12. The first kappa shape index (κ1) is 15.0. The Morgan fingerprint density at radius 2 is 1.89 bits per heavy atom. The molecule has 18 heavy (non-hydrogen) atoms. The summed E-state index contributed by atoms with van der Waals surface area (Å²) in [6.07, 6.45) is -0.438. The maximum Gasteiger partial charge on any atom is 0.122 e. The van der Waals surface area contributed by atoms with Crippen LogP contribution in [0.2, 0.25) is 0 Å². The van der Waals surface area contributed by atoms with Crippen molar-refractivity contribution in [1.82, 2.24) is 0 Å². The van der Waals surface area contributed by atoms with E-state index in [1.165, 1.54) is 0 Å². The predicted octanol–water partition coefficient (Wildman–Crippen LogP) is 3.10. The molecule has 0 saturated heterocycles. The zero-order chi connectivity index (χ0) is 13.5. The molecule has 0 aliphatic heterocycles. The molecule has 1 atom stereocenters. The number of aliphatic hydroxyl groups excluding tert-OH is 1. The Bertz CT molecular complexity index is 359. The van der Waals surface area contributed by atoms with Crippen molar-refractivity contribution in [2.75, 3.05) is 19.8 Å². The van der Waals surface area contributed by atoms with E-state index in [9.17, 15) is 5.11 Å². The number of ether oxygens (including phenoxy) is 2. The van der Waals surface area contributed by atoms with Gasteiger partial charge in [-0.1, -0.05) is 19.9 Å². The molecule has 0 spiro atoms. The lowest BCUT2D eigenvalue weighted by molar-refractivity contribution is 0.0817. The van der Waals surface area contributed by atoms with Gasteiger partial charge in [0.15, 0.2) is 0 Å². The Morgan fingerprint density at radius 1 is 1.17 bits per heavy atom. The second kappa shape index (κ2) is 7.39. The highest BCUT2D eigenvalue weighted by atomic mass is 16.5. The van der Waals surface area contributed by atoms with Crippen LogP contribution in [0.25, 0.3) is 0 Å². The van der Waals surface area contributed by atoms with Crippen molar-refractivity contribution in [3.63, 3.8) is 0 Å². The average molecular weight is 252 g/mol. The molecular formula is C15H24O3. The smallest absolute Gasteiger partial charge is 0.122 e. The van der Waals surface area contributed by atoms with Gasteiger partial charge in [-0.15, -0.1) is 0 Å². The highest BCUT2D eigenvalue weighted by Crippen LogP contribution is 2.22. The van der Waals surface area contributed by atoms with Gasteiger partial charge in [-0.2, -0.15) is 0 Å². The minimum absolute atomic E-state index is 0.438. The topological polar surface area (TPSA) is 38.7 Å². The summed E-state index contributed by atoms with van der Waals surface area (Å²) < 4.78 is 11.1. The maximum absolute atomic E-state index is 9.48. The highest BCUT2D eigenvalue weighted by molar-refractivity contribution is 5.36. The van der Waals surface area contributed by atoms with Crippen LogP contribution in [0.3, 0.4) is 0 Å². The fourth-order valence-electron chi connectivity index (χ4n) is 1.62. The molecule has 1 aromatic carbocycles. The Balaban J connectivity index is 2.39. The third-order valence-corrected chi connectivity index (χ3v) is 2.62. The summed E-state index contributed by atoms with van der Waals surface area (Å²) in [4.78, 5) is 0. The number of benzene rings is 1. The molecule has 0 aliphatic rings. The van der Waals surface area contributed by atoms with Crippen LogP contribution in [-0.2, 0) is 4.74 Å². The van der Waals surface area contributed by atoms with E-state index >= 15 is 0 Å². The molecule has 0 radical (unpaired) electrons. The van der Waals surface area contributed by atoms with Crippen molar-refractivity contribution in [1.29, 1.82) is 0 Å². The van der Waals surface area contributed by atoms with E-state index in [1.54, 1.807) is 6.92 Å². The van der Waals surface area contributed by atoms with Crippen molar-refractivity contribution in [3.05, 3.63) is 29.3 Å². The Kier molecular flexibility index (Phi) is 6.16. The van der Waals surface area contributed by atoms with Gasteiger partial charge in [-0.25, -0.2) is 0 Å². The molecule has 1 aromatic rings. The van der Waals surface area contributed by atoms with Crippen LogP contribution >= 0.6 is 0 Å². The van der Waals surface area contributed by atoms with E-state index in [2.05, 4.69) is 13.8 Å². The minimum atomic E-state index is -0.438. The second-order valence-corrected chi connectivity index (χ2v) is 5.02. The van der Waals surface area contributed by atoms with Gasteiger partial charge < -0.3 is 14.6 Å². The Hall–Kier alpha value is -1.06. The van der Waals surface area contributed by atoms with Crippen molar-refractivity contribution in [3.8, 4) is 5.75 Å². The summed E-state index contributed by atoms with van der Waals surface area (Å²) in [7, 11) is 0. The van der Waals surface area contributed by atoms with Gasteiger partial charge in [0.25, 0.3) is 0 Å². The monoisotopic (exact) mass is 252 g/mol. The molecule has 102 valence electrons. The zero-order valence-corrected chi connectivity index (χ0v) is 11.8. The van der Waals surface area contributed by atoms with Crippen molar-refractivity contribution in [2.45, 2.75) is 33.8 Å². The van der Waals surface area contributed by atoms with Crippen LogP contribution in [0.1, 0.15) is 38.0 Å². The molecule has 1 N–H and O–H groups in total. The van der Waals surface area contributed by atoms with Crippen LogP contribution in [0.5, 0.6) is 5.75 Å². The van der Waals surface area contributed by atoms with Gasteiger partial charge >= 0.3 is 0 Å². The Morgan fingerprint density at radius 3 is 2.44 bits per heavy atom. The fraction of sp³-hybridized carbons (Fsp3) is 0.600. The third-order valence-electron chi connectivity index (χ3n) is 2.62. The number of aryl methyl sites for hydroxylation is 1. The zero-order valence-electron chi connectivity index (χ0n) is 11.8. The lowest BCUT2D eigenvalue weighted by atomic mass is 10.1. The number of aliphatic hydroxyl groups is 1. The number of rotatable bonds is 7. The van der Waals surface area contributed by atoms with E-state index in [4.69, 9.17) is 9.47 Å². The van der Waals surface area contributed by atoms with Gasteiger partial charge in [0.1, 0.15) is 12.4 Å².